The molecule has 1 N–H and O–H groups in total. The van der Waals surface area contributed by atoms with Crippen LogP contribution in [0.15, 0.2) is 36.4 Å². The Labute approximate surface area is 154 Å². The van der Waals surface area contributed by atoms with Gasteiger partial charge in [-0.15, -0.1) is 0 Å². The maximum atomic E-state index is 12.1. The summed E-state index contributed by atoms with van der Waals surface area (Å²) < 4.78 is 11.3. The van der Waals surface area contributed by atoms with Crippen LogP contribution in [-0.2, 0) is 4.79 Å². The quantitative estimate of drug-likeness (QED) is 0.751. The van der Waals surface area contributed by atoms with Crippen molar-refractivity contribution in [2.75, 3.05) is 13.2 Å². The van der Waals surface area contributed by atoms with E-state index in [0.29, 0.717) is 18.9 Å². The molecule has 0 aliphatic heterocycles. The summed E-state index contributed by atoms with van der Waals surface area (Å²) in [7, 11) is 0. The van der Waals surface area contributed by atoms with Crippen molar-refractivity contribution in [2.24, 2.45) is 0 Å². The molecule has 5 heteroatoms. The second-order valence-electron chi connectivity index (χ2n) is 6.09. The predicted molar refractivity (Wildman–Crippen MR) is 101 cm³/mol. The summed E-state index contributed by atoms with van der Waals surface area (Å²) in [6, 6.07) is 11.5. The summed E-state index contributed by atoms with van der Waals surface area (Å²) in [5.74, 6) is 1.25. The van der Waals surface area contributed by atoms with Crippen LogP contribution >= 0.6 is 11.6 Å². The van der Waals surface area contributed by atoms with E-state index in [1.165, 1.54) is 0 Å². The van der Waals surface area contributed by atoms with Crippen molar-refractivity contribution in [1.29, 1.82) is 0 Å². The highest BCUT2D eigenvalue weighted by Gasteiger charge is 2.15. The molecule has 0 aliphatic rings. The first kappa shape index (κ1) is 19.1. The van der Waals surface area contributed by atoms with E-state index in [2.05, 4.69) is 5.32 Å². The van der Waals surface area contributed by atoms with Crippen LogP contribution in [0.25, 0.3) is 0 Å². The van der Waals surface area contributed by atoms with E-state index in [-0.39, 0.29) is 5.91 Å². The van der Waals surface area contributed by atoms with E-state index in [1.54, 1.807) is 6.92 Å². The number of halogens is 1. The Bertz CT molecular complexity index is 722. The number of hydrogen-bond donors (Lipinski definition) is 1. The summed E-state index contributed by atoms with van der Waals surface area (Å²) >= 11 is 6.14. The zero-order valence-electron chi connectivity index (χ0n) is 15.1. The second kappa shape index (κ2) is 8.77. The number of benzene rings is 2. The zero-order valence-corrected chi connectivity index (χ0v) is 15.8. The number of rotatable bonds is 7. The van der Waals surface area contributed by atoms with Gasteiger partial charge in [0, 0.05) is 5.02 Å². The van der Waals surface area contributed by atoms with Gasteiger partial charge in [-0.1, -0.05) is 23.7 Å². The zero-order chi connectivity index (χ0) is 18.4. The van der Waals surface area contributed by atoms with Crippen LogP contribution in [0.4, 0.5) is 0 Å². The molecule has 0 aromatic heterocycles. The lowest BCUT2D eigenvalue weighted by molar-refractivity contribution is -0.127. The molecule has 1 atom stereocenters. The Kier molecular flexibility index (Phi) is 6.71. The van der Waals surface area contributed by atoms with Gasteiger partial charge >= 0.3 is 0 Å². The minimum Gasteiger partial charge on any atom is -0.492 e. The molecule has 0 fully saturated rings. The smallest absolute Gasteiger partial charge is 0.260 e. The van der Waals surface area contributed by atoms with Crippen molar-refractivity contribution in [3.05, 3.63) is 58.1 Å². The first-order valence-corrected chi connectivity index (χ1v) is 8.65. The molecule has 2 rings (SSSR count). The van der Waals surface area contributed by atoms with Gasteiger partial charge in [0.1, 0.15) is 18.1 Å². The van der Waals surface area contributed by atoms with Crippen molar-refractivity contribution in [1.82, 2.24) is 5.32 Å². The molecule has 1 amide bonds. The molecule has 2 aromatic rings. The standard InChI is InChI=1S/C20H24ClNO3/c1-13-6-5-7-17(10-13)24-9-8-22-20(23)16(4)25-18-11-14(2)19(21)15(3)12-18/h5-7,10-12,16H,8-9H2,1-4H3,(H,22,23)/t16-/m1/s1. The third-order valence-electron chi connectivity index (χ3n) is 3.75. The number of carbonyl (C=O) groups is 1. The van der Waals surface area contributed by atoms with Crippen molar-refractivity contribution in [3.63, 3.8) is 0 Å². The second-order valence-corrected chi connectivity index (χ2v) is 6.47. The maximum absolute atomic E-state index is 12.1. The number of amides is 1. The molecular weight excluding hydrogens is 338 g/mol. The number of nitrogens with one attached hydrogen (secondary N) is 1. The Hall–Kier alpha value is -2.20. The summed E-state index contributed by atoms with van der Waals surface area (Å²) in [5.41, 5.74) is 2.99. The highest BCUT2D eigenvalue weighted by Crippen LogP contribution is 2.26. The fraction of sp³-hybridized carbons (Fsp3) is 0.350. The highest BCUT2D eigenvalue weighted by atomic mass is 35.5. The summed E-state index contributed by atoms with van der Waals surface area (Å²) in [6.07, 6.45) is -0.598. The van der Waals surface area contributed by atoms with E-state index >= 15 is 0 Å². The summed E-state index contributed by atoms with van der Waals surface area (Å²) in [6.45, 7) is 8.37. The average molecular weight is 362 g/mol. The first-order valence-electron chi connectivity index (χ1n) is 8.27. The van der Waals surface area contributed by atoms with Gasteiger partial charge in [0.05, 0.1) is 6.54 Å². The number of carbonyl (C=O) groups excluding carboxylic acids is 1. The molecule has 2 aromatic carbocycles. The minimum absolute atomic E-state index is 0.182. The Balaban J connectivity index is 1.78. The Morgan fingerprint density at radius 3 is 2.44 bits per heavy atom. The van der Waals surface area contributed by atoms with Gasteiger partial charge in [0.25, 0.3) is 5.91 Å². The van der Waals surface area contributed by atoms with Gasteiger partial charge in [-0.05, 0) is 68.7 Å². The van der Waals surface area contributed by atoms with Crippen LogP contribution in [-0.4, -0.2) is 25.2 Å². The fourth-order valence-corrected chi connectivity index (χ4v) is 2.53. The van der Waals surface area contributed by atoms with Crippen molar-refractivity contribution in [3.8, 4) is 11.5 Å². The fourth-order valence-electron chi connectivity index (χ4n) is 2.42. The summed E-state index contributed by atoms with van der Waals surface area (Å²) in [4.78, 5) is 12.1. The molecule has 4 nitrogen and oxygen atoms in total. The van der Waals surface area contributed by atoms with E-state index in [4.69, 9.17) is 21.1 Å². The monoisotopic (exact) mass is 361 g/mol. The van der Waals surface area contributed by atoms with Crippen LogP contribution in [0, 0.1) is 20.8 Å². The lowest BCUT2D eigenvalue weighted by Crippen LogP contribution is -2.38. The molecular formula is C20H24ClNO3. The molecule has 0 unspecified atom stereocenters. The van der Waals surface area contributed by atoms with Gasteiger partial charge in [-0.3, -0.25) is 4.79 Å². The first-order chi connectivity index (χ1) is 11.9. The van der Waals surface area contributed by atoms with E-state index in [1.807, 2.05) is 57.2 Å². The van der Waals surface area contributed by atoms with Crippen molar-refractivity contribution < 1.29 is 14.3 Å². The largest absolute Gasteiger partial charge is 0.492 e. The Morgan fingerprint density at radius 1 is 1.12 bits per heavy atom. The third-order valence-corrected chi connectivity index (χ3v) is 4.35. The molecule has 134 valence electrons. The van der Waals surface area contributed by atoms with Gasteiger partial charge in [-0.2, -0.15) is 0 Å². The SMILES string of the molecule is Cc1cccc(OCCNC(=O)[C@@H](C)Oc2cc(C)c(Cl)c(C)c2)c1. The Morgan fingerprint density at radius 2 is 1.80 bits per heavy atom. The van der Waals surface area contributed by atoms with Gasteiger partial charge in [0.2, 0.25) is 0 Å². The lowest BCUT2D eigenvalue weighted by atomic mass is 10.1. The van der Waals surface area contributed by atoms with Crippen LogP contribution < -0.4 is 14.8 Å². The number of aryl methyl sites for hydroxylation is 3. The average Bonchev–Trinajstić information content (AvgIpc) is 2.56. The topological polar surface area (TPSA) is 47.6 Å². The molecule has 0 saturated heterocycles. The van der Waals surface area contributed by atoms with Gasteiger partial charge in [-0.25, -0.2) is 0 Å². The molecule has 0 spiro atoms. The van der Waals surface area contributed by atoms with Crippen molar-refractivity contribution >= 4 is 17.5 Å². The van der Waals surface area contributed by atoms with E-state index in [9.17, 15) is 4.79 Å². The minimum atomic E-state index is -0.598. The molecule has 0 heterocycles. The van der Waals surface area contributed by atoms with Crippen LogP contribution in [0.1, 0.15) is 23.6 Å². The molecule has 0 saturated carbocycles. The molecule has 0 bridgehead atoms. The van der Waals surface area contributed by atoms with Crippen LogP contribution in [0.3, 0.4) is 0 Å². The van der Waals surface area contributed by atoms with Gasteiger partial charge < -0.3 is 14.8 Å². The van der Waals surface area contributed by atoms with Crippen molar-refractivity contribution in [2.45, 2.75) is 33.8 Å². The van der Waals surface area contributed by atoms with Crippen LogP contribution in [0.2, 0.25) is 5.02 Å². The van der Waals surface area contributed by atoms with Crippen LogP contribution in [0.5, 0.6) is 11.5 Å². The molecule has 0 aliphatic carbocycles. The third kappa shape index (κ3) is 5.68. The molecule has 25 heavy (non-hydrogen) atoms. The predicted octanol–water partition coefficient (Wildman–Crippen LogP) is 4.23. The van der Waals surface area contributed by atoms with Gasteiger partial charge in [0.15, 0.2) is 6.10 Å². The number of ether oxygens (including phenoxy) is 2. The highest BCUT2D eigenvalue weighted by molar-refractivity contribution is 6.32. The van der Waals surface area contributed by atoms with E-state index < -0.39 is 6.10 Å². The normalized spacial score (nSPS) is 11.7. The lowest BCUT2D eigenvalue weighted by Gasteiger charge is -2.16. The molecule has 0 radical (unpaired) electrons. The van der Waals surface area contributed by atoms with E-state index in [0.717, 1.165) is 27.5 Å². The maximum Gasteiger partial charge on any atom is 0.260 e. The number of hydrogen-bond acceptors (Lipinski definition) is 3. The summed E-state index contributed by atoms with van der Waals surface area (Å²) in [5, 5.41) is 3.53.